The van der Waals surface area contributed by atoms with Crippen LogP contribution in [0.25, 0.3) is 11.0 Å². The molecule has 1 aliphatic heterocycles. The minimum Gasteiger partial charge on any atom is -0.369 e. The van der Waals surface area contributed by atoms with Gasteiger partial charge in [0.25, 0.3) is 0 Å². The molecule has 0 atom stereocenters. The zero-order valence-electron chi connectivity index (χ0n) is 20.7. The lowest BCUT2D eigenvalue weighted by Gasteiger charge is -2.29. The van der Waals surface area contributed by atoms with Gasteiger partial charge in [0.2, 0.25) is 16.0 Å². The number of nitrogens with one attached hydrogen (secondary N) is 2. The molecule has 0 radical (unpaired) electrons. The van der Waals surface area contributed by atoms with Crippen molar-refractivity contribution in [2.75, 3.05) is 54.0 Å². The lowest BCUT2D eigenvalue weighted by molar-refractivity contribution is 0.589. The molecular weight excluding hydrogens is 488 g/mol. The number of rotatable bonds is 7. The van der Waals surface area contributed by atoms with Gasteiger partial charge in [0, 0.05) is 57.0 Å². The quantitative estimate of drug-likeness (QED) is 0.385. The number of benzene rings is 2. The molecule has 2 aromatic carbocycles. The smallest absolute Gasteiger partial charge is 0.232 e. The van der Waals surface area contributed by atoms with E-state index in [0.717, 1.165) is 37.4 Å². The summed E-state index contributed by atoms with van der Waals surface area (Å²) in [5.41, 5.74) is 4.43. The molecule has 0 unspecified atom stereocenters. The van der Waals surface area contributed by atoms with Crippen molar-refractivity contribution in [3.05, 3.63) is 72.1 Å². The van der Waals surface area contributed by atoms with E-state index in [0.29, 0.717) is 34.8 Å². The van der Waals surface area contributed by atoms with Crippen LogP contribution in [0.3, 0.4) is 0 Å². The van der Waals surface area contributed by atoms with Crippen molar-refractivity contribution >= 4 is 44.1 Å². The molecule has 0 aliphatic carbocycles. The Morgan fingerprint density at radius 1 is 1.14 bits per heavy atom. The summed E-state index contributed by atoms with van der Waals surface area (Å²) in [5.74, 6) is 0.410. The zero-order chi connectivity index (χ0) is 26.0. The van der Waals surface area contributed by atoms with E-state index in [9.17, 15) is 13.7 Å². The Morgan fingerprint density at radius 2 is 1.86 bits per heavy atom. The van der Waals surface area contributed by atoms with Crippen molar-refractivity contribution < 1.29 is 8.42 Å². The first-order valence-corrected chi connectivity index (χ1v) is 13.8. The summed E-state index contributed by atoms with van der Waals surface area (Å²) in [6.45, 7) is 4.26. The molecule has 1 saturated heterocycles. The van der Waals surface area contributed by atoms with Crippen LogP contribution in [-0.4, -0.2) is 62.4 Å². The Labute approximate surface area is 216 Å². The highest BCUT2D eigenvalue weighted by Gasteiger charge is 2.18. The summed E-state index contributed by atoms with van der Waals surface area (Å²) in [6, 6.07) is 17.7. The average Bonchev–Trinajstić information content (AvgIpc) is 3.25. The molecule has 0 amide bonds. The van der Waals surface area contributed by atoms with Gasteiger partial charge >= 0.3 is 0 Å². The molecule has 2 aromatic heterocycles. The van der Waals surface area contributed by atoms with Crippen LogP contribution in [0.4, 0.5) is 23.0 Å². The van der Waals surface area contributed by atoms with Gasteiger partial charge in [-0.2, -0.15) is 10.2 Å². The van der Waals surface area contributed by atoms with Crippen molar-refractivity contribution in [2.24, 2.45) is 0 Å². The van der Waals surface area contributed by atoms with Gasteiger partial charge in [-0.1, -0.05) is 18.2 Å². The second-order valence-electron chi connectivity index (χ2n) is 8.98. The van der Waals surface area contributed by atoms with Gasteiger partial charge in [0.15, 0.2) is 0 Å². The van der Waals surface area contributed by atoms with E-state index in [1.807, 2.05) is 28.8 Å². The van der Waals surface area contributed by atoms with Gasteiger partial charge in [-0.15, -0.1) is 0 Å². The summed E-state index contributed by atoms with van der Waals surface area (Å²) < 4.78 is 27.4. The van der Waals surface area contributed by atoms with E-state index >= 15 is 0 Å². The van der Waals surface area contributed by atoms with Gasteiger partial charge in [-0.05, 0) is 35.9 Å². The molecule has 0 bridgehead atoms. The SMILES string of the molecule is CN(c1ccccc1Cn1cc(C#N)c2cnc(Nc3ccc(N4CCNCC4)cc3)nc21)S(C)(=O)=O. The van der Waals surface area contributed by atoms with Crippen LogP contribution in [0, 0.1) is 11.3 Å². The second kappa shape index (κ2) is 10.1. The van der Waals surface area contributed by atoms with Crippen molar-refractivity contribution in [1.82, 2.24) is 19.9 Å². The average molecular weight is 517 g/mol. The maximum absolute atomic E-state index is 12.2. The number of nitrogens with zero attached hydrogens (tertiary/aromatic N) is 6. The van der Waals surface area contributed by atoms with Crippen molar-refractivity contribution in [3.8, 4) is 6.07 Å². The number of anilines is 4. The highest BCUT2D eigenvalue weighted by Crippen LogP contribution is 2.27. The fraction of sp³-hybridized carbons (Fsp3) is 0.269. The predicted octanol–water partition coefficient (Wildman–Crippen LogP) is 2.90. The monoisotopic (exact) mass is 516 g/mol. The number of fused-ring (bicyclic) bond motifs is 1. The Morgan fingerprint density at radius 3 is 2.57 bits per heavy atom. The molecule has 190 valence electrons. The van der Waals surface area contributed by atoms with Gasteiger partial charge in [0.05, 0.1) is 29.4 Å². The summed E-state index contributed by atoms with van der Waals surface area (Å²) >= 11 is 0. The fourth-order valence-corrected chi connectivity index (χ4v) is 5.00. The number of sulfonamides is 1. The molecule has 11 heteroatoms. The van der Waals surface area contributed by atoms with Crippen LogP contribution >= 0.6 is 0 Å². The highest BCUT2D eigenvalue weighted by atomic mass is 32.2. The van der Waals surface area contributed by atoms with Gasteiger partial charge < -0.3 is 20.1 Å². The Kier molecular flexibility index (Phi) is 6.69. The first kappa shape index (κ1) is 24.5. The van der Waals surface area contributed by atoms with Gasteiger partial charge in [-0.3, -0.25) is 4.31 Å². The third-order valence-electron chi connectivity index (χ3n) is 6.51. The number of hydrogen-bond donors (Lipinski definition) is 2. The van der Waals surface area contributed by atoms with Crippen LogP contribution in [-0.2, 0) is 16.6 Å². The van der Waals surface area contributed by atoms with E-state index in [2.05, 4.69) is 38.7 Å². The molecule has 1 aliphatic rings. The normalized spacial score (nSPS) is 13.9. The third kappa shape index (κ3) is 5.21. The first-order chi connectivity index (χ1) is 17.8. The van der Waals surface area contributed by atoms with Crippen molar-refractivity contribution in [1.29, 1.82) is 5.26 Å². The summed E-state index contributed by atoms with van der Waals surface area (Å²) in [7, 11) is -1.91. The highest BCUT2D eigenvalue weighted by molar-refractivity contribution is 7.92. The minimum absolute atomic E-state index is 0.337. The lowest BCUT2D eigenvalue weighted by atomic mass is 10.2. The standard InChI is InChI=1S/C26H28N8O2S/c1-32(37(2,35)36)24-6-4-3-5-19(24)17-34-18-20(15-27)23-16-29-26(31-25(23)34)30-21-7-9-22(10-8-21)33-13-11-28-12-14-33/h3-10,16,18,28H,11-14,17H2,1-2H3,(H,29,30,31). The number of hydrogen-bond acceptors (Lipinski definition) is 8. The van der Waals surface area contributed by atoms with E-state index in [1.54, 1.807) is 24.5 Å². The van der Waals surface area contributed by atoms with Crippen LogP contribution < -0.4 is 19.8 Å². The molecule has 3 heterocycles. The van der Waals surface area contributed by atoms with Crippen LogP contribution in [0.5, 0.6) is 0 Å². The first-order valence-electron chi connectivity index (χ1n) is 11.9. The molecular formula is C26H28N8O2S. The number of aromatic nitrogens is 3. The van der Waals surface area contributed by atoms with Crippen LogP contribution in [0.2, 0.25) is 0 Å². The molecule has 0 spiro atoms. The Bertz CT molecular complexity index is 1570. The third-order valence-corrected chi connectivity index (χ3v) is 7.70. The number of para-hydroxylation sites is 1. The summed E-state index contributed by atoms with van der Waals surface area (Å²) in [5, 5.41) is 16.9. The van der Waals surface area contributed by atoms with Gasteiger partial charge in [0.1, 0.15) is 11.7 Å². The van der Waals surface area contributed by atoms with Crippen LogP contribution in [0.1, 0.15) is 11.1 Å². The Hall–Kier alpha value is -4.14. The molecule has 1 fully saturated rings. The van der Waals surface area contributed by atoms with E-state index in [1.165, 1.54) is 23.3 Å². The molecule has 0 saturated carbocycles. The predicted molar refractivity (Wildman–Crippen MR) is 146 cm³/mol. The molecule has 37 heavy (non-hydrogen) atoms. The van der Waals surface area contributed by atoms with E-state index in [4.69, 9.17) is 4.98 Å². The molecule has 2 N–H and O–H groups in total. The number of nitriles is 1. The Balaban J connectivity index is 1.44. The summed E-state index contributed by atoms with van der Waals surface area (Å²) in [6.07, 6.45) is 4.54. The maximum Gasteiger partial charge on any atom is 0.232 e. The topological polar surface area (TPSA) is 119 Å². The lowest BCUT2D eigenvalue weighted by Crippen LogP contribution is -2.43. The van der Waals surface area contributed by atoms with E-state index in [-0.39, 0.29) is 0 Å². The zero-order valence-corrected chi connectivity index (χ0v) is 21.5. The minimum atomic E-state index is -3.43. The largest absolute Gasteiger partial charge is 0.369 e. The molecule has 10 nitrogen and oxygen atoms in total. The van der Waals surface area contributed by atoms with E-state index < -0.39 is 10.0 Å². The van der Waals surface area contributed by atoms with Crippen molar-refractivity contribution in [3.63, 3.8) is 0 Å². The van der Waals surface area contributed by atoms with Crippen molar-refractivity contribution in [2.45, 2.75) is 6.54 Å². The second-order valence-corrected chi connectivity index (χ2v) is 11.0. The maximum atomic E-state index is 12.2. The molecule has 5 rings (SSSR count). The molecule has 4 aromatic rings. The van der Waals surface area contributed by atoms with Crippen LogP contribution in [0.15, 0.2) is 60.9 Å². The number of piperazine rings is 1. The fourth-order valence-electron chi connectivity index (χ4n) is 4.46. The van der Waals surface area contributed by atoms with Gasteiger partial charge in [-0.25, -0.2) is 13.4 Å². The summed E-state index contributed by atoms with van der Waals surface area (Å²) in [4.78, 5) is 11.5.